The third kappa shape index (κ3) is 4.23. The topological polar surface area (TPSA) is 61.4 Å². The first kappa shape index (κ1) is 14.9. The van der Waals surface area contributed by atoms with Gasteiger partial charge in [-0.15, -0.1) is 0 Å². The number of benzene rings is 1. The molecule has 1 aliphatic rings. The van der Waals surface area contributed by atoms with Crippen molar-refractivity contribution in [2.24, 2.45) is 5.41 Å². The zero-order chi connectivity index (χ0) is 14.4. The molecule has 0 radical (unpaired) electrons. The van der Waals surface area contributed by atoms with Crippen molar-refractivity contribution in [3.63, 3.8) is 0 Å². The highest BCUT2D eigenvalue weighted by molar-refractivity contribution is 5.73. The SMILES string of the molecule is CCC1(CNC(=O)NCCc2ccc(CO)cc2)CC1. The Morgan fingerprint density at radius 2 is 1.85 bits per heavy atom. The minimum atomic E-state index is -0.0725. The van der Waals surface area contributed by atoms with Crippen molar-refractivity contribution in [2.45, 2.75) is 39.2 Å². The molecule has 1 aromatic rings. The number of carbonyl (C=O) groups is 1. The van der Waals surface area contributed by atoms with E-state index in [-0.39, 0.29) is 12.6 Å². The standard InChI is InChI=1S/C16H24N2O2/c1-2-16(8-9-16)12-18-15(20)17-10-7-13-3-5-14(11-19)6-4-13/h3-6,19H,2,7-12H2,1H3,(H2,17,18,20). The molecule has 1 aliphatic carbocycles. The number of aliphatic hydroxyl groups is 1. The Balaban J connectivity index is 1.63. The molecule has 0 spiro atoms. The van der Waals surface area contributed by atoms with Gasteiger partial charge in [-0.1, -0.05) is 31.2 Å². The van der Waals surface area contributed by atoms with Gasteiger partial charge in [-0.2, -0.15) is 0 Å². The second kappa shape index (κ2) is 6.75. The molecule has 2 rings (SSSR count). The van der Waals surface area contributed by atoms with Gasteiger partial charge in [0.25, 0.3) is 0 Å². The van der Waals surface area contributed by atoms with Crippen LogP contribution in [-0.2, 0) is 13.0 Å². The Labute approximate surface area is 120 Å². The summed E-state index contributed by atoms with van der Waals surface area (Å²) in [7, 11) is 0. The average molecular weight is 276 g/mol. The first-order valence-corrected chi connectivity index (χ1v) is 7.38. The van der Waals surface area contributed by atoms with Crippen LogP contribution in [0.3, 0.4) is 0 Å². The summed E-state index contributed by atoms with van der Waals surface area (Å²) in [5, 5.41) is 14.8. The van der Waals surface area contributed by atoms with Crippen LogP contribution in [0.5, 0.6) is 0 Å². The molecule has 4 nitrogen and oxygen atoms in total. The zero-order valence-electron chi connectivity index (χ0n) is 12.1. The Morgan fingerprint density at radius 3 is 2.40 bits per heavy atom. The molecule has 0 atom stereocenters. The molecule has 1 fully saturated rings. The fourth-order valence-corrected chi connectivity index (χ4v) is 2.29. The lowest BCUT2D eigenvalue weighted by Gasteiger charge is -2.14. The predicted molar refractivity (Wildman–Crippen MR) is 79.4 cm³/mol. The molecule has 0 aliphatic heterocycles. The lowest BCUT2D eigenvalue weighted by Crippen LogP contribution is -2.39. The Hall–Kier alpha value is -1.55. The smallest absolute Gasteiger partial charge is 0.314 e. The zero-order valence-corrected chi connectivity index (χ0v) is 12.1. The van der Waals surface area contributed by atoms with E-state index in [1.165, 1.54) is 12.8 Å². The predicted octanol–water partition coefficient (Wildman–Crippen LogP) is 2.21. The first-order valence-electron chi connectivity index (χ1n) is 7.38. The Kier molecular flexibility index (Phi) is 5.01. The highest BCUT2D eigenvalue weighted by atomic mass is 16.3. The van der Waals surface area contributed by atoms with E-state index in [9.17, 15) is 4.79 Å². The van der Waals surface area contributed by atoms with Gasteiger partial charge in [0, 0.05) is 13.1 Å². The van der Waals surface area contributed by atoms with Crippen LogP contribution in [-0.4, -0.2) is 24.2 Å². The van der Waals surface area contributed by atoms with E-state index in [1.807, 2.05) is 24.3 Å². The van der Waals surface area contributed by atoms with Crippen LogP contribution in [0.25, 0.3) is 0 Å². The fraction of sp³-hybridized carbons (Fsp3) is 0.562. The van der Waals surface area contributed by atoms with Gasteiger partial charge in [-0.05, 0) is 42.2 Å². The molecule has 20 heavy (non-hydrogen) atoms. The number of nitrogens with one attached hydrogen (secondary N) is 2. The van der Waals surface area contributed by atoms with Gasteiger partial charge >= 0.3 is 6.03 Å². The summed E-state index contributed by atoms with van der Waals surface area (Å²) in [5.74, 6) is 0. The van der Waals surface area contributed by atoms with Crippen molar-refractivity contribution < 1.29 is 9.90 Å². The van der Waals surface area contributed by atoms with Crippen molar-refractivity contribution in [1.29, 1.82) is 0 Å². The summed E-state index contributed by atoms with van der Waals surface area (Å²) in [6.07, 6.45) is 4.42. The number of amides is 2. The molecule has 2 amide bonds. The molecule has 1 aromatic carbocycles. The van der Waals surface area contributed by atoms with Gasteiger partial charge in [0.05, 0.1) is 6.61 Å². The summed E-state index contributed by atoms with van der Waals surface area (Å²) < 4.78 is 0. The monoisotopic (exact) mass is 276 g/mol. The summed E-state index contributed by atoms with van der Waals surface area (Å²) in [6.45, 7) is 3.67. The summed E-state index contributed by atoms with van der Waals surface area (Å²) in [4.78, 5) is 11.7. The third-order valence-corrected chi connectivity index (χ3v) is 4.24. The lowest BCUT2D eigenvalue weighted by atomic mass is 10.0. The van der Waals surface area contributed by atoms with E-state index in [0.717, 1.165) is 30.5 Å². The molecule has 3 N–H and O–H groups in total. The minimum absolute atomic E-state index is 0.0696. The number of urea groups is 1. The molecule has 1 saturated carbocycles. The van der Waals surface area contributed by atoms with Crippen LogP contribution in [0.2, 0.25) is 0 Å². The van der Waals surface area contributed by atoms with E-state index < -0.39 is 0 Å². The van der Waals surface area contributed by atoms with Gasteiger partial charge < -0.3 is 15.7 Å². The van der Waals surface area contributed by atoms with Crippen molar-refractivity contribution in [3.8, 4) is 0 Å². The van der Waals surface area contributed by atoms with E-state index in [4.69, 9.17) is 5.11 Å². The van der Waals surface area contributed by atoms with Crippen LogP contribution in [0.15, 0.2) is 24.3 Å². The molecule has 0 unspecified atom stereocenters. The van der Waals surface area contributed by atoms with Gasteiger partial charge in [-0.3, -0.25) is 0 Å². The third-order valence-electron chi connectivity index (χ3n) is 4.24. The maximum atomic E-state index is 11.7. The lowest BCUT2D eigenvalue weighted by molar-refractivity contribution is 0.238. The number of rotatable bonds is 7. The molecule has 0 bridgehead atoms. The Morgan fingerprint density at radius 1 is 1.20 bits per heavy atom. The summed E-state index contributed by atoms with van der Waals surface area (Å²) in [6, 6.07) is 7.72. The number of hydrogen-bond donors (Lipinski definition) is 3. The van der Waals surface area contributed by atoms with Gasteiger partial charge in [0.2, 0.25) is 0 Å². The molecule has 0 heterocycles. The molecular formula is C16H24N2O2. The van der Waals surface area contributed by atoms with Gasteiger partial charge in [0.1, 0.15) is 0 Å². The molecule has 110 valence electrons. The quantitative estimate of drug-likeness (QED) is 0.715. The first-order chi connectivity index (χ1) is 9.67. The molecule has 0 saturated heterocycles. The fourth-order valence-electron chi connectivity index (χ4n) is 2.29. The van der Waals surface area contributed by atoms with E-state index in [0.29, 0.717) is 12.0 Å². The van der Waals surface area contributed by atoms with Crippen molar-refractivity contribution in [1.82, 2.24) is 10.6 Å². The van der Waals surface area contributed by atoms with Gasteiger partial charge in [0.15, 0.2) is 0 Å². The van der Waals surface area contributed by atoms with Crippen molar-refractivity contribution in [3.05, 3.63) is 35.4 Å². The maximum absolute atomic E-state index is 11.7. The maximum Gasteiger partial charge on any atom is 0.314 e. The summed E-state index contributed by atoms with van der Waals surface area (Å²) in [5.41, 5.74) is 2.46. The van der Waals surface area contributed by atoms with E-state index >= 15 is 0 Å². The van der Waals surface area contributed by atoms with Crippen LogP contribution in [0.4, 0.5) is 4.79 Å². The second-order valence-electron chi connectivity index (χ2n) is 5.69. The van der Waals surface area contributed by atoms with Crippen LogP contribution < -0.4 is 10.6 Å². The largest absolute Gasteiger partial charge is 0.392 e. The molecule has 4 heteroatoms. The second-order valence-corrected chi connectivity index (χ2v) is 5.69. The summed E-state index contributed by atoms with van der Waals surface area (Å²) >= 11 is 0. The van der Waals surface area contributed by atoms with Crippen LogP contribution in [0, 0.1) is 5.41 Å². The number of hydrogen-bond acceptors (Lipinski definition) is 2. The highest BCUT2D eigenvalue weighted by Gasteiger charge is 2.40. The van der Waals surface area contributed by atoms with Crippen LogP contribution in [0.1, 0.15) is 37.3 Å². The average Bonchev–Trinajstić information content (AvgIpc) is 3.26. The highest BCUT2D eigenvalue weighted by Crippen LogP contribution is 2.47. The number of carbonyl (C=O) groups excluding carboxylic acids is 1. The van der Waals surface area contributed by atoms with Crippen molar-refractivity contribution >= 4 is 6.03 Å². The van der Waals surface area contributed by atoms with E-state index in [1.54, 1.807) is 0 Å². The van der Waals surface area contributed by atoms with E-state index in [2.05, 4.69) is 17.6 Å². The minimum Gasteiger partial charge on any atom is -0.392 e. The number of aliphatic hydroxyl groups excluding tert-OH is 1. The normalized spacial score (nSPS) is 15.7. The Bertz CT molecular complexity index is 438. The van der Waals surface area contributed by atoms with Crippen molar-refractivity contribution in [2.75, 3.05) is 13.1 Å². The molecule has 0 aromatic heterocycles. The van der Waals surface area contributed by atoms with Crippen LogP contribution >= 0.6 is 0 Å². The van der Waals surface area contributed by atoms with Gasteiger partial charge in [-0.25, -0.2) is 4.79 Å². The molecular weight excluding hydrogens is 252 g/mol.